The fraction of sp³-hybridized carbons (Fsp3) is 0.429. The average Bonchev–Trinajstić information content (AvgIpc) is 2.68. The molecule has 2 atom stereocenters. The number of carbonyl (C=O) groups is 1. The molecular formula is C21H30BN3O3. The predicted octanol–water partition coefficient (Wildman–Crippen LogP) is 2.16. The first-order valence-corrected chi connectivity index (χ1v) is 9.82. The Kier molecular flexibility index (Phi) is 8.63. The van der Waals surface area contributed by atoms with Gasteiger partial charge in [-0.1, -0.05) is 57.2 Å². The lowest BCUT2D eigenvalue weighted by atomic mass is 9.75. The van der Waals surface area contributed by atoms with Crippen LogP contribution in [0.3, 0.4) is 0 Å². The van der Waals surface area contributed by atoms with Crippen molar-refractivity contribution in [3.8, 4) is 11.3 Å². The van der Waals surface area contributed by atoms with Gasteiger partial charge < -0.3 is 20.7 Å². The molecule has 6 nitrogen and oxygen atoms in total. The number of nitrogens with one attached hydrogen (secondary N) is 2. The fourth-order valence-corrected chi connectivity index (χ4v) is 3.04. The Morgan fingerprint density at radius 2 is 1.82 bits per heavy atom. The van der Waals surface area contributed by atoms with Crippen LogP contribution in [-0.2, 0) is 11.3 Å². The molecule has 1 aromatic heterocycles. The highest BCUT2D eigenvalue weighted by atomic mass is 16.4. The van der Waals surface area contributed by atoms with Gasteiger partial charge in [0.15, 0.2) is 0 Å². The van der Waals surface area contributed by atoms with Crippen LogP contribution in [0.15, 0.2) is 48.5 Å². The van der Waals surface area contributed by atoms with Gasteiger partial charge in [-0.05, 0) is 30.9 Å². The van der Waals surface area contributed by atoms with Crippen LogP contribution in [0.4, 0.5) is 0 Å². The van der Waals surface area contributed by atoms with E-state index in [1.54, 1.807) is 0 Å². The van der Waals surface area contributed by atoms with Crippen molar-refractivity contribution in [3.63, 3.8) is 0 Å². The van der Waals surface area contributed by atoms with Crippen molar-refractivity contribution in [2.45, 2.75) is 52.1 Å². The van der Waals surface area contributed by atoms with E-state index in [0.29, 0.717) is 19.4 Å². The van der Waals surface area contributed by atoms with Crippen molar-refractivity contribution in [1.29, 1.82) is 0 Å². The minimum Gasteiger partial charge on any atom is -0.426 e. The van der Waals surface area contributed by atoms with Crippen LogP contribution in [0.2, 0.25) is 0 Å². The van der Waals surface area contributed by atoms with E-state index >= 15 is 0 Å². The van der Waals surface area contributed by atoms with Crippen molar-refractivity contribution < 1.29 is 14.8 Å². The monoisotopic (exact) mass is 383 g/mol. The Hall–Kier alpha value is -2.22. The van der Waals surface area contributed by atoms with E-state index < -0.39 is 19.1 Å². The Morgan fingerprint density at radius 3 is 2.43 bits per heavy atom. The highest BCUT2D eigenvalue weighted by molar-refractivity contribution is 6.43. The number of rotatable bonds is 10. The van der Waals surface area contributed by atoms with E-state index in [1.165, 1.54) is 0 Å². The van der Waals surface area contributed by atoms with Crippen LogP contribution in [0.25, 0.3) is 11.3 Å². The molecule has 0 fully saturated rings. The number of amides is 1. The van der Waals surface area contributed by atoms with Crippen LogP contribution in [0.1, 0.15) is 39.3 Å². The van der Waals surface area contributed by atoms with Crippen LogP contribution in [-0.4, -0.2) is 40.0 Å². The second-order valence-electron chi connectivity index (χ2n) is 7.38. The maximum absolute atomic E-state index is 12.6. The number of aromatic nitrogens is 1. The third-order valence-corrected chi connectivity index (χ3v) is 4.54. The molecule has 0 saturated heterocycles. The van der Waals surface area contributed by atoms with Crippen molar-refractivity contribution in [2.75, 3.05) is 0 Å². The molecule has 0 radical (unpaired) electrons. The van der Waals surface area contributed by atoms with Crippen LogP contribution in [0, 0.1) is 5.92 Å². The molecule has 1 amide bonds. The number of hydrogen-bond donors (Lipinski definition) is 4. The summed E-state index contributed by atoms with van der Waals surface area (Å²) in [4.78, 5) is 17.2. The zero-order chi connectivity index (χ0) is 20.5. The molecule has 0 saturated carbocycles. The first kappa shape index (κ1) is 22.1. The standard InChI is InChI=1S/C21H30BN3O3/c1-4-18(21(26)25-20(22(27)28)13-15(2)3)23-14-17-11-8-12-19(24-17)16-9-6-5-7-10-16/h5-12,15,18,20,23,27-28H,4,13-14H2,1-3H3,(H,25,26). The average molecular weight is 383 g/mol. The zero-order valence-corrected chi connectivity index (χ0v) is 16.8. The zero-order valence-electron chi connectivity index (χ0n) is 16.8. The summed E-state index contributed by atoms with van der Waals surface area (Å²) in [6, 6.07) is 15.3. The van der Waals surface area contributed by atoms with E-state index in [-0.39, 0.29) is 11.8 Å². The molecule has 0 spiro atoms. The van der Waals surface area contributed by atoms with Crippen molar-refractivity contribution in [3.05, 3.63) is 54.2 Å². The molecule has 150 valence electrons. The molecule has 7 heteroatoms. The van der Waals surface area contributed by atoms with E-state index in [1.807, 2.05) is 69.3 Å². The van der Waals surface area contributed by atoms with Crippen molar-refractivity contribution >= 4 is 13.0 Å². The molecule has 28 heavy (non-hydrogen) atoms. The molecule has 1 aromatic carbocycles. The Balaban J connectivity index is 1.98. The Morgan fingerprint density at radius 1 is 1.11 bits per heavy atom. The number of hydrogen-bond acceptors (Lipinski definition) is 5. The summed E-state index contributed by atoms with van der Waals surface area (Å²) in [5.41, 5.74) is 2.77. The summed E-state index contributed by atoms with van der Waals surface area (Å²) in [5, 5.41) is 25.0. The highest BCUT2D eigenvalue weighted by Gasteiger charge is 2.28. The van der Waals surface area contributed by atoms with E-state index in [2.05, 4.69) is 15.6 Å². The summed E-state index contributed by atoms with van der Waals surface area (Å²) in [6.45, 7) is 6.31. The van der Waals surface area contributed by atoms with Gasteiger partial charge in [0.25, 0.3) is 0 Å². The first-order chi connectivity index (χ1) is 13.4. The summed E-state index contributed by atoms with van der Waals surface area (Å²) >= 11 is 0. The van der Waals surface area contributed by atoms with Crippen molar-refractivity contribution in [2.24, 2.45) is 5.92 Å². The molecule has 0 aliphatic rings. The lowest BCUT2D eigenvalue weighted by Gasteiger charge is -2.23. The molecule has 0 bridgehead atoms. The molecule has 2 rings (SSSR count). The van der Waals surface area contributed by atoms with Gasteiger partial charge in [-0.15, -0.1) is 0 Å². The molecule has 0 aliphatic heterocycles. The van der Waals surface area contributed by atoms with Gasteiger partial charge in [0, 0.05) is 12.1 Å². The normalized spacial score (nSPS) is 13.2. The van der Waals surface area contributed by atoms with Crippen LogP contribution in [0.5, 0.6) is 0 Å². The molecule has 2 aromatic rings. The van der Waals surface area contributed by atoms with Gasteiger partial charge in [0.05, 0.1) is 23.4 Å². The number of carbonyl (C=O) groups excluding carboxylic acids is 1. The van der Waals surface area contributed by atoms with Crippen LogP contribution < -0.4 is 10.6 Å². The quantitative estimate of drug-likeness (QED) is 0.472. The maximum atomic E-state index is 12.6. The summed E-state index contributed by atoms with van der Waals surface area (Å²) in [6.07, 6.45) is 1.08. The fourth-order valence-electron chi connectivity index (χ4n) is 3.04. The van der Waals surface area contributed by atoms with Gasteiger partial charge in [0.2, 0.25) is 5.91 Å². The molecular weight excluding hydrogens is 353 g/mol. The van der Waals surface area contributed by atoms with Gasteiger partial charge in [0.1, 0.15) is 0 Å². The summed E-state index contributed by atoms with van der Waals surface area (Å²) in [7, 11) is -1.58. The van der Waals surface area contributed by atoms with E-state index in [0.717, 1.165) is 17.0 Å². The minimum atomic E-state index is -1.58. The second-order valence-corrected chi connectivity index (χ2v) is 7.38. The Labute approximate surface area is 167 Å². The number of pyridine rings is 1. The molecule has 0 aliphatic carbocycles. The SMILES string of the molecule is CCC(NCc1cccc(-c2ccccc2)n1)C(=O)NC(CC(C)C)B(O)O. The van der Waals surface area contributed by atoms with Crippen LogP contribution >= 0.6 is 0 Å². The predicted molar refractivity (Wildman–Crippen MR) is 112 cm³/mol. The lowest BCUT2D eigenvalue weighted by Crippen LogP contribution is -2.53. The Bertz CT molecular complexity index is 741. The van der Waals surface area contributed by atoms with E-state index in [9.17, 15) is 14.8 Å². The smallest absolute Gasteiger partial charge is 0.426 e. The first-order valence-electron chi connectivity index (χ1n) is 9.82. The number of benzene rings is 1. The third-order valence-electron chi connectivity index (χ3n) is 4.54. The maximum Gasteiger partial charge on any atom is 0.475 e. The van der Waals surface area contributed by atoms with Gasteiger partial charge in [-0.3, -0.25) is 9.78 Å². The summed E-state index contributed by atoms with van der Waals surface area (Å²) in [5.74, 6) is -0.673. The number of nitrogens with zero attached hydrogens (tertiary/aromatic N) is 1. The lowest BCUT2D eigenvalue weighted by molar-refractivity contribution is -0.123. The molecule has 4 N–H and O–H groups in total. The van der Waals surface area contributed by atoms with E-state index in [4.69, 9.17) is 0 Å². The molecule has 2 unspecified atom stereocenters. The summed E-state index contributed by atoms with van der Waals surface area (Å²) < 4.78 is 0. The highest BCUT2D eigenvalue weighted by Crippen LogP contribution is 2.16. The third kappa shape index (κ3) is 6.75. The van der Waals surface area contributed by atoms with Gasteiger partial charge >= 0.3 is 7.12 Å². The largest absolute Gasteiger partial charge is 0.475 e. The minimum absolute atomic E-state index is 0.236. The van der Waals surface area contributed by atoms with Gasteiger partial charge in [-0.2, -0.15) is 0 Å². The van der Waals surface area contributed by atoms with Gasteiger partial charge in [-0.25, -0.2) is 0 Å². The van der Waals surface area contributed by atoms with Crippen molar-refractivity contribution in [1.82, 2.24) is 15.6 Å². The second kappa shape index (κ2) is 10.9. The molecule has 1 heterocycles. The topological polar surface area (TPSA) is 94.5 Å².